The van der Waals surface area contributed by atoms with Crippen molar-refractivity contribution in [2.24, 2.45) is 0 Å². The van der Waals surface area contributed by atoms with Gasteiger partial charge in [-0.2, -0.15) is 0 Å². The predicted molar refractivity (Wildman–Crippen MR) is 137 cm³/mol. The summed E-state index contributed by atoms with van der Waals surface area (Å²) in [6.45, 7) is 5.87. The Morgan fingerprint density at radius 3 is 2.71 bits per heavy atom. The zero-order valence-corrected chi connectivity index (χ0v) is 20.3. The van der Waals surface area contributed by atoms with E-state index in [1.807, 2.05) is 66.4 Å². The summed E-state index contributed by atoms with van der Waals surface area (Å²) in [6.07, 6.45) is 1.35. The van der Waals surface area contributed by atoms with Crippen LogP contribution in [0.25, 0.3) is 11.0 Å². The van der Waals surface area contributed by atoms with Gasteiger partial charge in [-0.25, -0.2) is 4.98 Å². The van der Waals surface area contributed by atoms with E-state index in [9.17, 15) is 4.79 Å². The number of nitrogens with zero attached hydrogens (tertiary/aromatic N) is 3. The minimum atomic E-state index is 0.0302. The molecule has 0 aliphatic carbocycles. The second-order valence-electron chi connectivity index (χ2n) is 8.76. The van der Waals surface area contributed by atoms with Gasteiger partial charge < -0.3 is 14.2 Å². The smallest absolute Gasteiger partial charge is 0.227 e. The van der Waals surface area contributed by atoms with E-state index in [-0.39, 0.29) is 11.8 Å². The molecular weight excluding hydrogens is 446 g/mol. The summed E-state index contributed by atoms with van der Waals surface area (Å²) in [6, 6.07) is 22.0. The molecule has 34 heavy (non-hydrogen) atoms. The van der Waals surface area contributed by atoms with Gasteiger partial charge in [-0.15, -0.1) is 0 Å². The molecule has 2 heterocycles. The molecule has 1 atom stereocenters. The summed E-state index contributed by atoms with van der Waals surface area (Å²) in [5.74, 6) is 1.92. The van der Waals surface area contributed by atoms with Gasteiger partial charge in [-0.05, 0) is 60.9 Å². The molecule has 4 aromatic rings. The standard InChI is InChI=1S/C28H28ClN3O2/c1-3-20-8-4-6-10-25(20)32-18-21(17-27(32)33)28-30-24-9-5-7-11-26(24)31(28)14-15-34-22-12-13-23(29)19(2)16-22/h4-13,16,21H,3,14-15,17-18H2,1-2H3/t21-/m0/s1. The molecule has 6 heteroatoms. The Morgan fingerprint density at radius 1 is 1.09 bits per heavy atom. The molecule has 1 saturated heterocycles. The molecule has 0 saturated carbocycles. The molecule has 0 radical (unpaired) electrons. The van der Waals surface area contributed by atoms with Gasteiger partial charge in [0.05, 0.1) is 17.6 Å². The minimum Gasteiger partial charge on any atom is -0.492 e. The van der Waals surface area contributed by atoms with Gasteiger partial charge in [0.2, 0.25) is 5.91 Å². The number of aryl methyl sites for hydroxylation is 2. The lowest BCUT2D eigenvalue weighted by Crippen LogP contribution is -2.25. The Balaban J connectivity index is 1.40. The van der Waals surface area contributed by atoms with E-state index in [1.54, 1.807) is 0 Å². The number of anilines is 1. The number of carbonyl (C=O) groups excluding carboxylic acids is 1. The maximum Gasteiger partial charge on any atom is 0.227 e. The van der Waals surface area contributed by atoms with Crippen molar-refractivity contribution in [3.63, 3.8) is 0 Å². The van der Waals surface area contributed by atoms with Crippen LogP contribution in [0, 0.1) is 6.92 Å². The van der Waals surface area contributed by atoms with E-state index in [0.717, 1.165) is 45.3 Å². The molecule has 1 aliphatic rings. The zero-order valence-electron chi connectivity index (χ0n) is 19.5. The van der Waals surface area contributed by atoms with Crippen molar-refractivity contribution in [2.75, 3.05) is 18.1 Å². The lowest BCUT2D eigenvalue weighted by molar-refractivity contribution is -0.117. The van der Waals surface area contributed by atoms with Gasteiger partial charge in [-0.1, -0.05) is 48.9 Å². The summed E-state index contributed by atoms with van der Waals surface area (Å²) >= 11 is 6.14. The first-order valence-electron chi connectivity index (χ1n) is 11.8. The van der Waals surface area contributed by atoms with E-state index in [2.05, 4.69) is 23.6 Å². The van der Waals surface area contributed by atoms with E-state index >= 15 is 0 Å². The van der Waals surface area contributed by atoms with Crippen LogP contribution in [0.5, 0.6) is 5.75 Å². The molecule has 1 amide bonds. The van der Waals surface area contributed by atoms with Crippen LogP contribution in [-0.2, 0) is 17.8 Å². The highest BCUT2D eigenvalue weighted by molar-refractivity contribution is 6.31. The molecule has 0 N–H and O–H groups in total. The van der Waals surface area contributed by atoms with Crippen LogP contribution in [0.2, 0.25) is 5.02 Å². The average molecular weight is 474 g/mol. The monoisotopic (exact) mass is 473 g/mol. The van der Waals surface area contributed by atoms with Crippen LogP contribution in [0.4, 0.5) is 5.69 Å². The number of benzene rings is 3. The van der Waals surface area contributed by atoms with Gasteiger partial charge in [-0.3, -0.25) is 4.79 Å². The van der Waals surface area contributed by atoms with Crippen LogP contribution >= 0.6 is 11.6 Å². The first-order chi connectivity index (χ1) is 16.5. The minimum absolute atomic E-state index is 0.0302. The zero-order chi connectivity index (χ0) is 23.7. The highest BCUT2D eigenvalue weighted by Crippen LogP contribution is 2.34. The molecule has 5 rings (SSSR count). The quantitative estimate of drug-likeness (QED) is 0.323. The first-order valence-corrected chi connectivity index (χ1v) is 12.2. The number of hydrogen-bond donors (Lipinski definition) is 0. The number of rotatable bonds is 7. The number of carbonyl (C=O) groups is 1. The Bertz CT molecular complexity index is 1350. The van der Waals surface area contributed by atoms with Crippen LogP contribution in [0.3, 0.4) is 0 Å². The molecule has 3 aromatic carbocycles. The van der Waals surface area contributed by atoms with E-state index in [1.165, 1.54) is 5.56 Å². The van der Waals surface area contributed by atoms with Gasteiger partial charge >= 0.3 is 0 Å². The van der Waals surface area contributed by atoms with Crippen molar-refractivity contribution >= 4 is 34.2 Å². The second-order valence-corrected chi connectivity index (χ2v) is 9.16. The van der Waals surface area contributed by atoms with Crippen LogP contribution in [0.15, 0.2) is 66.7 Å². The van der Waals surface area contributed by atoms with Crippen molar-refractivity contribution in [1.29, 1.82) is 0 Å². The van der Waals surface area contributed by atoms with E-state index in [4.69, 9.17) is 21.3 Å². The fraction of sp³-hybridized carbons (Fsp3) is 0.286. The third-order valence-corrected chi connectivity index (χ3v) is 6.97. The summed E-state index contributed by atoms with van der Waals surface area (Å²) in [4.78, 5) is 20.0. The molecule has 1 fully saturated rings. The number of imidazole rings is 1. The Kier molecular flexibility index (Phi) is 6.29. The normalized spacial score (nSPS) is 15.9. The topological polar surface area (TPSA) is 47.4 Å². The van der Waals surface area contributed by atoms with Crippen LogP contribution in [0.1, 0.15) is 36.2 Å². The summed E-state index contributed by atoms with van der Waals surface area (Å²) in [5.41, 5.74) is 5.20. The molecule has 5 nitrogen and oxygen atoms in total. The molecular formula is C28H28ClN3O2. The van der Waals surface area contributed by atoms with Crippen molar-refractivity contribution in [1.82, 2.24) is 9.55 Å². The Morgan fingerprint density at radius 2 is 1.88 bits per heavy atom. The molecule has 0 bridgehead atoms. The molecule has 0 unspecified atom stereocenters. The van der Waals surface area contributed by atoms with Crippen molar-refractivity contribution in [2.45, 2.75) is 39.2 Å². The number of hydrogen-bond acceptors (Lipinski definition) is 3. The molecule has 0 spiro atoms. The third-order valence-electron chi connectivity index (χ3n) is 6.55. The third kappa shape index (κ3) is 4.28. The number of ether oxygens (including phenoxy) is 1. The fourth-order valence-electron chi connectivity index (χ4n) is 4.79. The average Bonchev–Trinajstić information content (AvgIpc) is 3.42. The Hall–Kier alpha value is -3.31. The van der Waals surface area contributed by atoms with Gasteiger partial charge in [0.15, 0.2) is 0 Å². The van der Waals surface area contributed by atoms with Crippen molar-refractivity contribution in [3.05, 3.63) is 88.7 Å². The fourth-order valence-corrected chi connectivity index (χ4v) is 4.91. The maximum absolute atomic E-state index is 13.1. The number of aromatic nitrogens is 2. The highest BCUT2D eigenvalue weighted by Gasteiger charge is 2.35. The van der Waals surface area contributed by atoms with E-state index in [0.29, 0.717) is 26.1 Å². The molecule has 174 valence electrons. The first kappa shape index (κ1) is 22.5. The van der Waals surface area contributed by atoms with E-state index < -0.39 is 0 Å². The second kappa shape index (κ2) is 9.51. The van der Waals surface area contributed by atoms with Gasteiger partial charge in [0.25, 0.3) is 0 Å². The van der Waals surface area contributed by atoms with Crippen molar-refractivity contribution < 1.29 is 9.53 Å². The van der Waals surface area contributed by atoms with Crippen LogP contribution in [-0.4, -0.2) is 28.6 Å². The largest absolute Gasteiger partial charge is 0.492 e. The van der Waals surface area contributed by atoms with Crippen LogP contribution < -0.4 is 9.64 Å². The predicted octanol–water partition coefficient (Wildman–Crippen LogP) is 6.16. The van der Waals surface area contributed by atoms with Crippen molar-refractivity contribution in [3.8, 4) is 5.75 Å². The number of halogens is 1. The molecule has 1 aromatic heterocycles. The van der Waals surface area contributed by atoms with Gasteiger partial charge in [0, 0.05) is 29.6 Å². The highest BCUT2D eigenvalue weighted by atomic mass is 35.5. The Labute approximate surface area is 204 Å². The maximum atomic E-state index is 13.1. The lowest BCUT2D eigenvalue weighted by Gasteiger charge is -2.20. The summed E-state index contributed by atoms with van der Waals surface area (Å²) in [5, 5.41) is 0.732. The number of amides is 1. The lowest BCUT2D eigenvalue weighted by atomic mass is 10.1. The summed E-state index contributed by atoms with van der Waals surface area (Å²) in [7, 11) is 0. The van der Waals surface area contributed by atoms with Gasteiger partial charge in [0.1, 0.15) is 18.2 Å². The molecule has 1 aliphatic heterocycles. The number of para-hydroxylation sites is 3. The number of fused-ring (bicyclic) bond motifs is 1. The summed E-state index contributed by atoms with van der Waals surface area (Å²) < 4.78 is 8.25. The SMILES string of the molecule is CCc1ccccc1N1C[C@@H](c2nc3ccccc3n2CCOc2ccc(Cl)c(C)c2)CC1=O.